The van der Waals surface area contributed by atoms with E-state index in [1.54, 1.807) is 0 Å². The normalized spacial score (nSPS) is 12.8. The van der Waals surface area contributed by atoms with Crippen LogP contribution in [0, 0.1) is 0 Å². The van der Waals surface area contributed by atoms with Gasteiger partial charge < -0.3 is 9.84 Å². The van der Waals surface area contributed by atoms with Crippen molar-refractivity contribution in [2.45, 2.75) is 12.1 Å². The van der Waals surface area contributed by atoms with Gasteiger partial charge >= 0.3 is 18.1 Å². The monoisotopic (exact) mass is 208 g/mol. The minimum atomic E-state index is -5.76. The maximum atomic E-state index is 11.9. The van der Waals surface area contributed by atoms with Crippen LogP contribution in [0.25, 0.3) is 0 Å². The molecule has 0 aromatic heterocycles. The number of hydrogen-bond acceptors (Lipinski definition) is 3. The Labute approximate surface area is 69.1 Å². The minimum absolute atomic E-state index is 1.24. The van der Waals surface area contributed by atoms with E-state index in [0.29, 0.717) is 0 Å². The van der Waals surface area contributed by atoms with Crippen molar-refractivity contribution >= 4 is 5.97 Å². The number of alkyl halides is 5. The third kappa shape index (κ3) is 3.53. The van der Waals surface area contributed by atoms with Gasteiger partial charge in [0.25, 0.3) is 0 Å². The molecule has 0 aliphatic heterocycles. The van der Waals surface area contributed by atoms with Crippen LogP contribution in [0.15, 0.2) is 0 Å². The second kappa shape index (κ2) is 3.86. The van der Waals surface area contributed by atoms with E-state index in [2.05, 4.69) is 4.74 Å². The number of carbonyl (C=O) groups excluding carboxylic acids is 1. The minimum Gasteiger partial charge on any atom is -0.457 e. The summed E-state index contributed by atoms with van der Waals surface area (Å²) in [7, 11) is 0. The average molecular weight is 208 g/mol. The van der Waals surface area contributed by atoms with Crippen LogP contribution >= 0.6 is 0 Å². The molecule has 0 radical (unpaired) electrons. The van der Waals surface area contributed by atoms with Crippen molar-refractivity contribution in [1.82, 2.24) is 0 Å². The summed E-state index contributed by atoms with van der Waals surface area (Å²) in [5.41, 5.74) is 0. The van der Waals surface area contributed by atoms with Crippen molar-refractivity contribution in [2.75, 3.05) is 13.2 Å². The van der Waals surface area contributed by atoms with Gasteiger partial charge in [-0.05, 0) is 0 Å². The molecule has 3 nitrogen and oxygen atoms in total. The summed E-state index contributed by atoms with van der Waals surface area (Å²) in [5.74, 6) is -6.62. The van der Waals surface area contributed by atoms with Gasteiger partial charge in [0.05, 0.1) is 0 Å². The van der Waals surface area contributed by atoms with E-state index < -0.39 is 31.3 Å². The predicted octanol–water partition coefficient (Wildman–Crippen LogP) is 0.720. The fraction of sp³-hybridized carbons (Fsp3) is 0.800. The van der Waals surface area contributed by atoms with E-state index >= 15 is 0 Å². The Morgan fingerprint density at radius 1 is 1.23 bits per heavy atom. The summed E-state index contributed by atoms with van der Waals surface area (Å²) in [5, 5.41) is 7.93. The lowest BCUT2D eigenvalue weighted by atomic mass is 10.3. The molecule has 0 bridgehead atoms. The molecule has 0 saturated heterocycles. The Balaban J connectivity index is 4.12. The molecule has 1 N–H and O–H groups in total. The zero-order chi connectivity index (χ0) is 10.7. The Hall–Kier alpha value is -0.920. The molecule has 8 heteroatoms. The number of halogens is 5. The van der Waals surface area contributed by atoms with E-state index in [1.807, 2.05) is 0 Å². The first-order valence-electron chi connectivity index (χ1n) is 2.92. The Morgan fingerprint density at radius 3 is 2.00 bits per heavy atom. The molecular formula is C5H5F5O3. The first-order chi connectivity index (χ1) is 5.70. The first-order valence-corrected chi connectivity index (χ1v) is 2.92. The van der Waals surface area contributed by atoms with Crippen molar-refractivity contribution in [1.29, 1.82) is 0 Å². The van der Waals surface area contributed by atoms with Crippen molar-refractivity contribution < 1.29 is 36.6 Å². The molecule has 78 valence electrons. The highest BCUT2D eigenvalue weighted by molar-refractivity contribution is 5.70. The van der Waals surface area contributed by atoms with Crippen LogP contribution in [-0.2, 0) is 9.53 Å². The fourth-order valence-electron chi connectivity index (χ4n) is 0.299. The Bertz CT molecular complexity index is 187. The highest BCUT2D eigenvalue weighted by Gasteiger charge is 2.58. The van der Waals surface area contributed by atoms with Crippen molar-refractivity contribution in [3.8, 4) is 0 Å². The highest BCUT2D eigenvalue weighted by Crippen LogP contribution is 2.35. The maximum absolute atomic E-state index is 11.9. The largest absolute Gasteiger partial charge is 0.457 e. The summed E-state index contributed by atoms with van der Waals surface area (Å²) < 4.78 is 61.5. The molecule has 0 unspecified atom stereocenters. The molecule has 0 aromatic carbocycles. The molecule has 0 saturated carbocycles. The quantitative estimate of drug-likeness (QED) is 0.549. The zero-order valence-electron chi connectivity index (χ0n) is 6.07. The van der Waals surface area contributed by atoms with Crippen LogP contribution < -0.4 is 0 Å². The van der Waals surface area contributed by atoms with Gasteiger partial charge in [-0.2, -0.15) is 22.0 Å². The van der Waals surface area contributed by atoms with Gasteiger partial charge in [0, 0.05) is 0 Å². The zero-order valence-corrected chi connectivity index (χ0v) is 6.07. The van der Waals surface area contributed by atoms with E-state index in [4.69, 9.17) is 5.11 Å². The van der Waals surface area contributed by atoms with E-state index in [-0.39, 0.29) is 0 Å². The molecule has 0 fully saturated rings. The molecule has 0 aliphatic rings. The van der Waals surface area contributed by atoms with Gasteiger partial charge in [0.1, 0.15) is 6.61 Å². The molecule has 0 heterocycles. The van der Waals surface area contributed by atoms with Crippen LogP contribution in [0.2, 0.25) is 0 Å². The lowest BCUT2D eigenvalue weighted by Gasteiger charge is -2.18. The molecule has 0 rings (SSSR count). The summed E-state index contributed by atoms with van der Waals surface area (Å²) >= 11 is 0. The maximum Gasteiger partial charge on any atom is 0.456 e. The lowest BCUT2D eigenvalue weighted by molar-refractivity contribution is -0.294. The number of ether oxygens (including phenoxy) is 1. The Morgan fingerprint density at radius 2 is 1.69 bits per heavy atom. The van der Waals surface area contributed by atoms with Gasteiger partial charge in [-0.15, -0.1) is 0 Å². The second-order valence-corrected chi connectivity index (χ2v) is 2.02. The molecule has 0 spiro atoms. The van der Waals surface area contributed by atoms with Crippen LogP contribution in [0.5, 0.6) is 0 Å². The van der Waals surface area contributed by atoms with Gasteiger partial charge in [0.2, 0.25) is 0 Å². The third-order valence-corrected chi connectivity index (χ3v) is 0.958. The topological polar surface area (TPSA) is 46.5 Å². The van der Waals surface area contributed by atoms with E-state index in [1.165, 1.54) is 0 Å². The second-order valence-electron chi connectivity index (χ2n) is 2.02. The van der Waals surface area contributed by atoms with Crippen LogP contribution in [-0.4, -0.2) is 36.4 Å². The number of aliphatic hydroxyl groups is 1. The van der Waals surface area contributed by atoms with Crippen LogP contribution in [0.4, 0.5) is 22.0 Å². The van der Waals surface area contributed by atoms with Crippen molar-refractivity contribution in [2.24, 2.45) is 0 Å². The standard InChI is InChI=1S/C5H5F5O3/c6-4(7,5(8,9)10)2-13-3(12)1-11/h11H,1-2H2. The number of carbonyl (C=O) groups is 1. The summed E-state index contributed by atoms with van der Waals surface area (Å²) in [4.78, 5) is 10.0. The third-order valence-electron chi connectivity index (χ3n) is 0.958. The first kappa shape index (κ1) is 12.1. The van der Waals surface area contributed by atoms with E-state index in [9.17, 15) is 26.7 Å². The SMILES string of the molecule is O=C(CO)OCC(F)(F)C(F)(F)F. The van der Waals surface area contributed by atoms with Gasteiger partial charge in [-0.1, -0.05) is 0 Å². The Kier molecular flexibility index (Phi) is 3.59. The van der Waals surface area contributed by atoms with Gasteiger partial charge in [0.15, 0.2) is 6.61 Å². The van der Waals surface area contributed by atoms with Crippen LogP contribution in [0.1, 0.15) is 0 Å². The smallest absolute Gasteiger partial charge is 0.456 e. The average Bonchev–Trinajstić information content (AvgIpc) is 1.98. The molecule has 0 aromatic rings. The summed E-state index contributed by atoms with van der Waals surface area (Å²) in [6.45, 7) is -3.36. The van der Waals surface area contributed by atoms with Crippen molar-refractivity contribution in [3.63, 3.8) is 0 Å². The predicted molar refractivity (Wildman–Crippen MR) is 29.0 cm³/mol. The number of hydrogen-bond donors (Lipinski definition) is 1. The van der Waals surface area contributed by atoms with Crippen LogP contribution in [0.3, 0.4) is 0 Å². The molecule has 13 heavy (non-hydrogen) atoms. The van der Waals surface area contributed by atoms with E-state index in [0.717, 1.165) is 0 Å². The summed E-state index contributed by atoms with van der Waals surface area (Å²) in [6, 6.07) is 0. The fourth-order valence-corrected chi connectivity index (χ4v) is 0.299. The number of aliphatic hydroxyl groups excluding tert-OH is 1. The molecule has 0 aliphatic carbocycles. The number of esters is 1. The number of rotatable bonds is 3. The summed E-state index contributed by atoms with van der Waals surface area (Å²) in [6.07, 6.45) is -5.76. The molecular weight excluding hydrogens is 203 g/mol. The lowest BCUT2D eigenvalue weighted by Crippen LogP contribution is -2.41. The molecule has 0 amide bonds. The highest BCUT2D eigenvalue weighted by atomic mass is 19.4. The molecule has 0 atom stereocenters. The van der Waals surface area contributed by atoms with Crippen molar-refractivity contribution in [3.05, 3.63) is 0 Å². The van der Waals surface area contributed by atoms with Gasteiger partial charge in [-0.25, -0.2) is 4.79 Å². The van der Waals surface area contributed by atoms with Gasteiger partial charge in [-0.3, -0.25) is 0 Å².